The molecule has 2 amide bonds. The second kappa shape index (κ2) is 8.89. The lowest BCUT2D eigenvalue weighted by atomic mass is 9.89. The minimum atomic E-state index is -0.428. The molecule has 31 heavy (non-hydrogen) atoms. The molecule has 0 saturated carbocycles. The zero-order valence-corrected chi connectivity index (χ0v) is 18.7. The highest BCUT2D eigenvalue weighted by Crippen LogP contribution is 2.37. The first kappa shape index (κ1) is 20.3. The third kappa shape index (κ3) is 4.41. The Morgan fingerprint density at radius 3 is 2.74 bits per heavy atom. The van der Waals surface area contributed by atoms with Crippen molar-refractivity contribution in [3.63, 3.8) is 0 Å². The van der Waals surface area contributed by atoms with Crippen molar-refractivity contribution in [3.8, 4) is 0 Å². The van der Waals surface area contributed by atoms with Crippen LogP contribution in [0.15, 0.2) is 64.9 Å². The van der Waals surface area contributed by atoms with Gasteiger partial charge in [0.05, 0.1) is 17.0 Å². The molecule has 1 aliphatic heterocycles. The van der Waals surface area contributed by atoms with E-state index in [1.54, 1.807) is 11.3 Å². The van der Waals surface area contributed by atoms with E-state index in [0.717, 1.165) is 33.9 Å². The van der Waals surface area contributed by atoms with Gasteiger partial charge in [-0.2, -0.15) is 0 Å². The highest BCUT2D eigenvalue weighted by Gasteiger charge is 2.30. The van der Waals surface area contributed by atoms with Crippen molar-refractivity contribution >= 4 is 40.6 Å². The van der Waals surface area contributed by atoms with Crippen molar-refractivity contribution in [2.45, 2.75) is 48.3 Å². The smallest absolute Gasteiger partial charge is 0.238 e. The summed E-state index contributed by atoms with van der Waals surface area (Å²) in [6.07, 6.45) is 4.87. The Bertz CT molecular complexity index is 1110. The Morgan fingerprint density at radius 2 is 1.90 bits per heavy atom. The summed E-state index contributed by atoms with van der Waals surface area (Å²) in [5.41, 5.74) is 4.76. The average molecular weight is 449 g/mol. The maximum atomic E-state index is 13.0. The lowest BCUT2D eigenvalue weighted by Gasteiger charge is -2.25. The first-order valence-electron chi connectivity index (χ1n) is 10.7. The fraction of sp³-hybridized carbons (Fsp3) is 0.280. The van der Waals surface area contributed by atoms with Gasteiger partial charge in [-0.25, -0.2) is 0 Å². The molecule has 1 aliphatic carbocycles. The number of carbonyl (C=O) groups excluding carboxylic acids is 2. The van der Waals surface area contributed by atoms with Crippen molar-refractivity contribution in [2.75, 3.05) is 5.32 Å². The van der Waals surface area contributed by atoms with E-state index < -0.39 is 5.25 Å². The number of para-hydroxylation sites is 1. The zero-order chi connectivity index (χ0) is 21.2. The van der Waals surface area contributed by atoms with E-state index in [9.17, 15) is 9.59 Å². The van der Waals surface area contributed by atoms with Gasteiger partial charge in [0.2, 0.25) is 11.8 Å². The molecular formula is C25H24N2O2S2. The van der Waals surface area contributed by atoms with Crippen LogP contribution >= 0.6 is 23.1 Å². The summed E-state index contributed by atoms with van der Waals surface area (Å²) in [5, 5.41) is 7.74. The molecule has 0 unspecified atom stereocenters. The molecule has 0 radical (unpaired) electrons. The summed E-state index contributed by atoms with van der Waals surface area (Å²) in [4.78, 5) is 27.7. The molecular weight excluding hydrogens is 424 g/mol. The molecule has 2 N–H and O–H groups in total. The molecule has 5 rings (SSSR count). The summed E-state index contributed by atoms with van der Waals surface area (Å²) >= 11 is 3.11. The van der Waals surface area contributed by atoms with Crippen LogP contribution in [0.5, 0.6) is 0 Å². The number of fused-ring (bicyclic) bond motifs is 2. The van der Waals surface area contributed by atoms with Crippen molar-refractivity contribution < 1.29 is 9.59 Å². The number of thiophene rings is 1. The highest BCUT2D eigenvalue weighted by atomic mass is 32.2. The van der Waals surface area contributed by atoms with E-state index in [4.69, 9.17) is 0 Å². The second-order valence-electron chi connectivity index (χ2n) is 8.05. The van der Waals surface area contributed by atoms with Gasteiger partial charge in [0.15, 0.2) is 0 Å². The SMILES string of the molecule is O=C(C[C@H]1Sc2ccccc2NC1=O)N[C@@H](c1ccc2c(c1)CCCC2)c1cccs1. The molecule has 2 heterocycles. The van der Waals surface area contributed by atoms with E-state index in [0.29, 0.717) is 0 Å². The Kier molecular flexibility index (Phi) is 5.83. The van der Waals surface area contributed by atoms with Crippen LogP contribution < -0.4 is 10.6 Å². The van der Waals surface area contributed by atoms with Crippen LogP contribution in [0.4, 0.5) is 5.69 Å². The van der Waals surface area contributed by atoms with E-state index in [1.165, 1.54) is 35.7 Å². The second-order valence-corrected chi connectivity index (χ2v) is 10.3. The molecule has 2 aromatic carbocycles. The molecule has 2 aliphatic rings. The molecule has 0 spiro atoms. The lowest BCUT2D eigenvalue weighted by molar-refractivity contribution is -0.124. The number of carbonyl (C=O) groups is 2. The number of benzene rings is 2. The Hall–Kier alpha value is -2.57. The van der Waals surface area contributed by atoms with Gasteiger partial charge in [-0.05, 0) is 66.0 Å². The standard InChI is InChI=1S/C25H24N2O2S2/c28-23(15-22-25(29)26-19-8-3-4-9-20(19)31-22)27-24(21-10-5-13-30-21)18-12-11-16-6-1-2-7-17(16)14-18/h3-5,8-14,22,24H,1-2,6-7,15H2,(H,26,29)(H,27,28)/t22-,24+/m1/s1. The molecule has 6 heteroatoms. The number of nitrogens with one attached hydrogen (secondary N) is 2. The van der Waals surface area contributed by atoms with Crippen molar-refractivity contribution in [1.29, 1.82) is 0 Å². The van der Waals surface area contributed by atoms with Crippen molar-refractivity contribution in [3.05, 3.63) is 81.5 Å². The number of thioether (sulfide) groups is 1. The summed E-state index contributed by atoms with van der Waals surface area (Å²) in [7, 11) is 0. The largest absolute Gasteiger partial charge is 0.344 e. The van der Waals surface area contributed by atoms with E-state index in [-0.39, 0.29) is 24.3 Å². The molecule has 3 aromatic rings. The van der Waals surface area contributed by atoms with E-state index in [2.05, 4.69) is 34.9 Å². The van der Waals surface area contributed by atoms with Gasteiger partial charge < -0.3 is 10.6 Å². The normalized spacial score (nSPS) is 18.5. The minimum Gasteiger partial charge on any atom is -0.344 e. The average Bonchev–Trinajstić information content (AvgIpc) is 3.32. The topological polar surface area (TPSA) is 58.2 Å². The first-order valence-corrected chi connectivity index (χ1v) is 12.4. The van der Waals surface area contributed by atoms with Gasteiger partial charge >= 0.3 is 0 Å². The van der Waals surface area contributed by atoms with Crippen LogP contribution in [0.1, 0.15) is 46.9 Å². The molecule has 158 valence electrons. The van der Waals surface area contributed by atoms with Crippen molar-refractivity contribution in [2.24, 2.45) is 0 Å². The number of rotatable bonds is 5. The maximum Gasteiger partial charge on any atom is 0.238 e. The van der Waals surface area contributed by atoms with Gasteiger partial charge in [-0.3, -0.25) is 9.59 Å². The van der Waals surface area contributed by atoms with E-state index in [1.807, 2.05) is 35.7 Å². The third-order valence-electron chi connectivity index (χ3n) is 5.92. The summed E-state index contributed by atoms with van der Waals surface area (Å²) < 4.78 is 0. The van der Waals surface area contributed by atoms with E-state index >= 15 is 0 Å². The molecule has 0 fully saturated rings. The molecule has 0 saturated heterocycles. The number of anilines is 1. The fourth-order valence-corrected chi connectivity index (χ4v) is 6.24. The molecule has 4 nitrogen and oxygen atoms in total. The van der Waals surface area contributed by atoms with Gasteiger partial charge in [-0.15, -0.1) is 23.1 Å². The van der Waals surface area contributed by atoms with Crippen LogP contribution in [-0.2, 0) is 22.4 Å². The predicted octanol–water partition coefficient (Wildman–Crippen LogP) is 5.34. The fourth-order valence-electron chi connectivity index (χ4n) is 4.32. The highest BCUT2D eigenvalue weighted by molar-refractivity contribution is 8.01. The summed E-state index contributed by atoms with van der Waals surface area (Å²) in [5.74, 6) is -0.219. The van der Waals surface area contributed by atoms with Crippen LogP contribution in [-0.4, -0.2) is 17.1 Å². The Morgan fingerprint density at radius 1 is 1.06 bits per heavy atom. The lowest BCUT2D eigenvalue weighted by Crippen LogP contribution is -2.36. The van der Waals surface area contributed by atoms with Crippen molar-refractivity contribution in [1.82, 2.24) is 5.32 Å². The van der Waals surface area contributed by atoms with Gasteiger partial charge in [0.1, 0.15) is 0 Å². The third-order valence-corrected chi connectivity index (χ3v) is 8.13. The first-order chi connectivity index (χ1) is 15.2. The quantitative estimate of drug-likeness (QED) is 0.554. The zero-order valence-electron chi connectivity index (χ0n) is 17.1. The van der Waals surface area contributed by atoms with Gasteiger partial charge in [-0.1, -0.05) is 36.4 Å². The Labute approximate surface area is 190 Å². The maximum absolute atomic E-state index is 13.0. The van der Waals surface area contributed by atoms with Crippen LogP contribution in [0.25, 0.3) is 0 Å². The molecule has 0 bridgehead atoms. The number of aryl methyl sites for hydroxylation is 2. The summed E-state index contributed by atoms with van der Waals surface area (Å²) in [6.45, 7) is 0. The Balaban J connectivity index is 1.34. The minimum absolute atomic E-state index is 0.108. The molecule has 2 atom stereocenters. The number of amides is 2. The van der Waals surface area contributed by atoms with Gasteiger partial charge in [0.25, 0.3) is 0 Å². The van der Waals surface area contributed by atoms with Crippen LogP contribution in [0.2, 0.25) is 0 Å². The van der Waals surface area contributed by atoms with Gasteiger partial charge in [0, 0.05) is 16.2 Å². The monoisotopic (exact) mass is 448 g/mol. The summed E-state index contributed by atoms with van der Waals surface area (Å²) in [6, 6.07) is 18.2. The number of hydrogen-bond acceptors (Lipinski definition) is 4. The van der Waals surface area contributed by atoms with Crippen LogP contribution in [0, 0.1) is 0 Å². The number of hydrogen-bond donors (Lipinski definition) is 2. The molecule has 1 aromatic heterocycles. The predicted molar refractivity (Wildman–Crippen MR) is 127 cm³/mol. The van der Waals surface area contributed by atoms with Crippen LogP contribution in [0.3, 0.4) is 0 Å².